The first-order valence-electron chi connectivity index (χ1n) is 11.2. The Morgan fingerprint density at radius 1 is 1.29 bits per heavy atom. The van der Waals surface area contributed by atoms with Gasteiger partial charge in [0, 0.05) is 47.8 Å². The average Bonchev–Trinajstić information content (AvgIpc) is 3.23. The molecule has 2 aliphatic rings. The van der Waals surface area contributed by atoms with E-state index in [9.17, 15) is 5.26 Å². The van der Waals surface area contributed by atoms with Crippen LogP contribution in [0.25, 0.3) is 0 Å². The van der Waals surface area contributed by atoms with Gasteiger partial charge < -0.3 is 4.74 Å². The Morgan fingerprint density at radius 3 is 2.85 bits per heavy atom. The van der Waals surface area contributed by atoms with Crippen LogP contribution in [0.15, 0.2) is 88.9 Å². The third-order valence-electron chi connectivity index (χ3n) is 5.33. The highest BCUT2D eigenvalue weighted by Gasteiger charge is 2.33. The van der Waals surface area contributed by atoms with Crippen molar-refractivity contribution in [1.82, 2.24) is 15.2 Å². The smallest absolute Gasteiger partial charge is 0.215 e. The molecule has 8 heteroatoms. The predicted octanol–water partition coefficient (Wildman–Crippen LogP) is 4.45. The summed E-state index contributed by atoms with van der Waals surface area (Å²) < 4.78 is 5.99. The van der Waals surface area contributed by atoms with Gasteiger partial charge in [-0.05, 0) is 31.0 Å². The second kappa shape index (κ2) is 11.0. The van der Waals surface area contributed by atoms with Crippen molar-refractivity contribution in [3.05, 3.63) is 90.0 Å². The first-order valence-corrected chi connectivity index (χ1v) is 12.3. The number of nitrogens with zero attached hydrogens (tertiary/aromatic N) is 5. The number of nitriles is 1. The number of rotatable bonds is 7. The van der Waals surface area contributed by atoms with E-state index in [-0.39, 0.29) is 11.5 Å². The van der Waals surface area contributed by atoms with Gasteiger partial charge in [-0.2, -0.15) is 17.0 Å². The number of benzene rings is 1. The first-order chi connectivity index (χ1) is 16.6. The third kappa shape index (κ3) is 6.06. The molecule has 1 N–H and O–H groups in total. The Bertz CT molecular complexity index is 1130. The summed E-state index contributed by atoms with van der Waals surface area (Å²) in [6, 6.07) is 14.3. The molecule has 0 amide bonds. The van der Waals surface area contributed by atoms with Crippen LogP contribution in [0, 0.1) is 11.5 Å². The number of ether oxygens (including phenoxy) is 1. The van der Waals surface area contributed by atoms with Crippen molar-refractivity contribution in [3.8, 4) is 6.19 Å². The van der Waals surface area contributed by atoms with Crippen LogP contribution >= 0.6 is 11.8 Å². The summed E-state index contributed by atoms with van der Waals surface area (Å²) in [4.78, 5) is 15.4. The fourth-order valence-corrected chi connectivity index (χ4v) is 4.46. The normalized spacial score (nSPS) is 19.1. The molecule has 3 heterocycles. The van der Waals surface area contributed by atoms with Crippen LogP contribution in [0.2, 0.25) is 0 Å². The van der Waals surface area contributed by atoms with Gasteiger partial charge in [-0.25, -0.2) is 4.99 Å². The van der Waals surface area contributed by atoms with Crippen LogP contribution in [0.5, 0.6) is 0 Å². The Kier molecular flexibility index (Phi) is 7.65. The van der Waals surface area contributed by atoms with E-state index in [0.29, 0.717) is 25.0 Å². The standard InChI is InChI=1S/C26H28N6OS/c1-26(2)18-33-24(31-26)23-16-32(13-10-22(23)21-8-4-3-5-9-21)25(30-19-27)29-12-14-34-17-20-7-6-11-28-15-20/h3-11,13,15-16,22H,12,14,17-18H2,1-2H3,(H,29,30). The minimum Gasteiger partial charge on any atom is -0.475 e. The fraction of sp³-hybridized carbons (Fsp3) is 0.308. The summed E-state index contributed by atoms with van der Waals surface area (Å²) in [6.07, 6.45) is 11.7. The highest BCUT2D eigenvalue weighted by atomic mass is 32.2. The number of thioether (sulfide) groups is 1. The highest BCUT2D eigenvalue weighted by molar-refractivity contribution is 7.98. The van der Waals surface area contributed by atoms with E-state index in [1.165, 1.54) is 5.56 Å². The second-order valence-corrected chi connectivity index (χ2v) is 9.70. The average molecular weight is 473 g/mol. The lowest BCUT2D eigenvalue weighted by Crippen LogP contribution is -2.35. The van der Waals surface area contributed by atoms with Crippen molar-refractivity contribution in [2.24, 2.45) is 9.98 Å². The summed E-state index contributed by atoms with van der Waals surface area (Å²) in [5, 5.41) is 12.0. The number of aliphatic imine (C=N–C) groups is 2. The number of guanidine groups is 1. The van der Waals surface area contributed by atoms with E-state index in [2.05, 4.69) is 53.4 Å². The number of pyridine rings is 1. The van der Waals surface area contributed by atoms with Gasteiger partial charge in [0.25, 0.3) is 0 Å². The van der Waals surface area contributed by atoms with Crippen molar-refractivity contribution >= 4 is 23.6 Å². The number of hydrogen-bond donors (Lipinski definition) is 1. The fourth-order valence-electron chi connectivity index (χ4n) is 3.68. The maximum atomic E-state index is 9.32. The van der Waals surface area contributed by atoms with Gasteiger partial charge in [-0.15, -0.1) is 0 Å². The van der Waals surface area contributed by atoms with Gasteiger partial charge in [0.2, 0.25) is 11.9 Å². The van der Waals surface area contributed by atoms with Crippen molar-refractivity contribution < 1.29 is 4.74 Å². The molecule has 0 spiro atoms. The van der Waals surface area contributed by atoms with E-state index >= 15 is 0 Å². The topological polar surface area (TPSA) is 85.9 Å². The maximum absolute atomic E-state index is 9.32. The lowest BCUT2D eigenvalue weighted by molar-refractivity contribution is 0.278. The molecular formula is C26H28N6OS. The summed E-state index contributed by atoms with van der Waals surface area (Å²) in [7, 11) is 0. The van der Waals surface area contributed by atoms with E-state index < -0.39 is 0 Å². The van der Waals surface area contributed by atoms with Crippen molar-refractivity contribution in [2.45, 2.75) is 31.1 Å². The van der Waals surface area contributed by atoms with Crippen LogP contribution in [0.1, 0.15) is 30.9 Å². The zero-order valence-corrected chi connectivity index (χ0v) is 20.2. The van der Waals surface area contributed by atoms with Crippen molar-refractivity contribution in [3.63, 3.8) is 0 Å². The van der Waals surface area contributed by atoms with Crippen LogP contribution in [0.4, 0.5) is 0 Å². The molecule has 0 saturated heterocycles. The molecule has 7 nitrogen and oxygen atoms in total. The van der Waals surface area contributed by atoms with Crippen LogP contribution in [0.3, 0.4) is 0 Å². The molecule has 4 rings (SSSR count). The minimum atomic E-state index is -0.267. The number of allylic oxidation sites excluding steroid dienone is 1. The number of aromatic nitrogens is 1. The monoisotopic (exact) mass is 472 g/mol. The molecule has 1 atom stereocenters. The molecule has 0 saturated carbocycles. The highest BCUT2D eigenvalue weighted by Crippen LogP contribution is 2.34. The SMILES string of the molecule is CC1(C)COC(C2=CN(C(=NCCSCc3cccnc3)NC#N)C=CC2c2ccccc2)=N1. The lowest BCUT2D eigenvalue weighted by atomic mass is 9.89. The van der Waals surface area contributed by atoms with Crippen molar-refractivity contribution in [1.29, 1.82) is 5.26 Å². The molecular weight excluding hydrogens is 444 g/mol. The predicted molar refractivity (Wildman–Crippen MR) is 137 cm³/mol. The van der Waals surface area contributed by atoms with Crippen molar-refractivity contribution in [2.75, 3.05) is 18.9 Å². The van der Waals surface area contributed by atoms with E-state index in [1.54, 1.807) is 18.0 Å². The summed E-state index contributed by atoms with van der Waals surface area (Å²) in [5.74, 6) is 2.82. The summed E-state index contributed by atoms with van der Waals surface area (Å²) >= 11 is 1.78. The molecule has 174 valence electrons. The first kappa shape index (κ1) is 23.6. The number of hydrogen-bond acceptors (Lipinski definition) is 6. The Labute approximate surface area is 205 Å². The van der Waals surface area contributed by atoms with E-state index in [4.69, 9.17) is 9.73 Å². The zero-order valence-electron chi connectivity index (χ0n) is 19.4. The van der Waals surface area contributed by atoms with Crippen LogP contribution < -0.4 is 5.32 Å². The van der Waals surface area contributed by atoms with E-state index in [0.717, 1.165) is 22.6 Å². The van der Waals surface area contributed by atoms with Gasteiger partial charge in [0.15, 0.2) is 6.19 Å². The zero-order chi connectivity index (χ0) is 23.8. The quantitative estimate of drug-likeness (QED) is 0.211. The molecule has 1 unspecified atom stereocenters. The van der Waals surface area contributed by atoms with Gasteiger partial charge in [-0.1, -0.05) is 42.5 Å². The molecule has 0 aliphatic carbocycles. The van der Waals surface area contributed by atoms with Gasteiger partial charge in [-0.3, -0.25) is 20.2 Å². The van der Waals surface area contributed by atoms with E-state index in [1.807, 2.05) is 54.0 Å². The van der Waals surface area contributed by atoms with Crippen LogP contribution in [-0.4, -0.2) is 46.2 Å². The molecule has 34 heavy (non-hydrogen) atoms. The largest absolute Gasteiger partial charge is 0.475 e. The summed E-state index contributed by atoms with van der Waals surface area (Å²) in [5.41, 5.74) is 3.01. The molecule has 1 aromatic carbocycles. The molecule has 0 fully saturated rings. The van der Waals surface area contributed by atoms with Crippen LogP contribution in [-0.2, 0) is 10.5 Å². The molecule has 0 bridgehead atoms. The molecule has 0 radical (unpaired) electrons. The number of nitrogens with one attached hydrogen (secondary N) is 1. The second-order valence-electron chi connectivity index (χ2n) is 8.60. The Morgan fingerprint density at radius 2 is 2.15 bits per heavy atom. The lowest BCUT2D eigenvalue weighted by Gasteiger charge is -2.27. The Balaban J connectivity index is 1.51. The molecule has 2 aromatic rings. The maximum Gasteiger partial charge on any atom is 0.215 e. The Hall–Kier alpha value is -3.57. The molecule has 1 aromatic heterocycles. The molecule has 2 aliphatic heterocycles. The van der Waals surface area contributed by atoms with Gasteiger partial charge >= 0.3 is 0 Å². The summed E-state index contributed by atoms with van der Waals surface area (Å²) in [6.45, 7) is 5.23. The minimum absolute atomic E-state index is 0.00322. The third-order valence-corrected chi connectivity index (χ3v) is 6.33. The van der Waals surface area contributed by atoms with Gasteiger partial charge in [0.05, 0.1) is 12.1 Å². The van der Waals surface area contributed by atoms with Gasteiger partial charge in [0.1, 0.15) is 6.61 Å².